The Morgan fingerprint density at radius 2 is 2.00 bits per heavy atom. The molecule has 2 aromatic rings. The summed E-state index contributed by atoms with van der Waals surface area (Å²) in [4.78, 5) is 11.5. The van der Waals surface area contributed by atoms with E-state index in [4.69, 9.17) is 0 Å². The summed E-state index contributed by atoms with van der Waals surface area (Å²) in [5.41, 5.74) is 2.98. The van der Waals surface area contributed by atoms with Gasteiger partial charge in [-0.15, -0.1) is 0 Å². The zero-order valence-corrected chi connectivity index (χ0v) is 12.9. The molecule has 5 nitrogen and oxygen atoms in total. The molecule has 2 N–H and O–H groups in total. The quantitative estimate of drug-likeness (QED) is 0.910. The third-order valence-corrected chi connectivity index (χ3v) is 4.98. The van der Waals surface area contributed by atoms with Gasteiger partial charge < -0.3 is 5.32 Å². The Kier molecular flexibility index (Phi) is 3.62. The van der Waals surface area contributed by atoms with Gasteiger partial charge in [0, 0.05) is 11.4 Å². The fourth-order valence-corrected chi connectivity index (χ4v) is 3.54. The summed E-state index contributed by atoms with van der Waals surface area (Å²) < 4.78 is 27.5. The van der Waals surface area contributed by atoms with Crippen LogP contribution in [0.3, 0.4) is 0 Å². The van der Waals surface area contributed by atoms with Gasteiger partial charge in [-0.2, -0.15) is 0 Å². The monoisotopic (exact) mass is 316 g/mol. The summed E-state index contributed by atoms with van der Waals surface area (Å²) in [7, 11) is -3.67. The van der Waals surface area contributed by atoms with Gasteiger partial charge >= 0.3 is 0 Å². The zero-order chi connectivity index (χ0) is 15.7. The van der Waals surface area contributed by atoms with Crippen LogP contribution >= 0.6 is 0 Å². The van der Waals surface area contributed by atoms with Crippen molar-refractivity contribution in [2.24, 2.45) is 0 Å². The third-order valence-electron chi connectivity index (χ3n) is 3.60. The standard InChI is InChI=1S/C16H16N2O3S/c1-2-11-4-3-5-13(8-11)18-22(20,21)14-6-7-15-12(9-14)10-16(19)17-15/h3-9,18H,2,10H2,1H3,(H,17,19). The normalized spacial score (nSPS) is 13.6. The predicted molar refractivity (Wildman–Crippen MR) is 85.4 cm³/mol. The molecule has 3 rings (SSSR count). The van der Waals surface area contributed by atoms with E-state index in [1.807, 2.05) is 25.1 Å². The van der Waals surface area contributed by atoms with E-state index in [1.54, 1.807) is 18.2 Å². The second kappa shape index (κ2) is 5.46. The zero-order valence-electron chi connectivity index (χ0n) is 12.1. The summed E-state index contributed by atoms with van der Waals surface area (Å²) in [6, 6.07) is 12.0. The van der Waals surface area contributed by atoms with Gasteiger partial charge in [-0.1, -0.05) is 19.1 Å². The van der Waals surface area contributed by atoms with E-state index in [9.17, 15) is 13.2 Å². The lowest BCUT2D eigenvalue weighted by atomic mass is 10.1. The van der Waals surface area contributed by atoms with Crippen LogP contribution in [0.1, 0.15) is 18.1 Å². The molecule has 0 aromatic heterocycles. The fourth-order valence-electron chi connectivity index (χ4n) is 2.44. The minimum absolute atomic E-state index is 0.117. The van der Waals surface area contributed by atoms with Gasteiger partial charge in [0.15, 0.2) is 0 Å². The largest absolute Gasteiger partial charge is 0.326 e. The number of carbonyl (C=O) groups is 1. The number of hydrogen-bond donors (Lipinski definition) is 2. The summed E-state index contributed by atoms with van der Waals surface area (Å²) in [6.45, 7) is 2.01. The van der Waals surface area contributed by atoms with Gasteiger partial charge in [0.25, 0.3) is 10.0 Å². The molecule has 22 heavy (non-hydrogen) atoms. The number of sulfonamides is 1. The first-order valence-corrected chi connectivity index (χ1v) is 8.51. The van der Waals surface area contributed by atoms with Crippen LogP contribution in [-0.4, -0.2) is 14.3 Å². The number of amides is 1. The van der Waals surface area contributed by atoms with E-state index in [-0.39, 0.29) is 17.2 Å². The van der Waals surface area contributed by atoms with Gasteiger partial charge in [-0.3, -0.25) is 9.52 Å². The number of nitrogens with one attached hydrogen (secondary N) is 2. The van der Waals surface area contributed by atoms with Crippen molar-refractivity contribution in [2.75, 3.05) is 10.0 Å². The second-order valence-corrected chi connectivity index (χ2v) is 6.89. The van der Waals surface area contributed by atoms with Crippen LogP contribution in [0.5, 0.6) is 0 Å². The van der Waals surface area contributed by atoms with E-state index in [0.717, 1.165) is 12.0 Å². The molecule has 2 aromatic carbocycles. The van der Waals surface area contributed by atoms with Crippen molar-refractivity contribution in [3.63, 3.8) is 0 Å². The molecule has 0 aliphatic carbocycles. The Morgan fingerprint density at radius 3 is 2.77 bits per heavy atom. The van der Waals surface area contributed by atoms with E-state index in [2.05, 4.69) is 10.0 Å². The highest BCUT2D eigenvalue weighted by Crippen LogP contribution is 2.27. The number of rotatable bonds is 4. The fraction of sp³-hybridized carbons (Fsp3) is 0.188. The Balaban J connectivity index is 1.90. The maximum Gasteiger partial charge on any atom is 0.261 e. The lowest BCUT2D eigenvalue weighted by molar-refractivity contribution is -0.115. The lowest BCUT2D eigenvalue weighted by Gasteiger charge is -2.10. The van der Waals surface area contributed by atoms with Crippen LogP contribution in [0.25, 0.3) is 0 Å². The predicted octanol–water partition coefficient (Wildman–Crippen LogP) is 2.54. The highest BCUT2D eigenvalue weighted by molar-refractivity contribution is 7.92. The van der Waals surface area contributed by atoms with Crippen LogP contribution in [0, 0.1) is 0 Å². The first-order valence-electron chi connectivity index (χ1n) is 7.02. The topological polar surface area (TPSA) is 75.3 Å². The van der Waals surface area contributed by atoms with E-state index in [0.29, 0.717) is 16.9 Å². The van der Waals surface area contributed by atoms with Crippen molar-refractivity contribution >= 4 is 27.3 Å². The van der Waals surface area contributed by atoms with Crippen molar-refractivity contribution in [1.29, 1.82) is 0 Å². The molecular formula is C16H16N2O3S. The Bertz CT molecular complexity index is 844. The molecule has 1 amide bonds. The molecule has 0 bridgehead atoms. The highest BCUT2D eigenvalue weighted by atomic mass is 32.2. The molecule has 0 radical (unpaired) electrons. The molecule has 0 spiro atoms. The minimum atomic E-state index is -3.67. The Morgan fingerprint density at radius 1 is 1.18 bits per heavy atom. The number of carbonyl (C=O) groups excluding carboxylic acids is 1. The minimum Gasteiger partial charge on any atom is -0.326 e. The second-order valence-electron chi connectivity index (χ2n) is 5.20. The van der Waals surface area contributed by atoms with Crippen molar-refractivity contribution < 1.29 is 13.2 Å². The summed E-state index contributed by atoms with van der Waals surface area (Å²) in [5, 5.41) is 2.69. The molecule has 114 valence electrons. The van der Waals surface area contributed by atoms with Crippen LogP contribution in [0.15, 0.2) is 47.4 Å². The number of aryl methyl sites for hydroxylation is 1. The van der Waals surface area contributed by atoms with Gasteiger partial charge in [-0.05, 0) is 47.9 Å². The average molecular weight is 316 g/mol. The van der Waals surface area contributed by atoms with Gasteiger partial charge in [-0.25, -0.2) is 8.42 Å². The molecule has 6 heteroatoms. The Labute approximate surface area is 129 Å². The lowest BCUT2D eigenvalue weighted by Crippen LogP contribution is -2.13. The molecule has 0 atom stereocenters. The SMILES string of the molecule is CCc1cccc(NS(=O)(=O)c2ccc3c(c2)CC(=O)N3)c1. The summed E-state index contributed by atoms with van der Waals surface area (Å²) in [6.07, 6.45) is 1.05. The molecular weight excluding hydrogens is 300 g/mol. The first-order chi connectivity index (χ1) is 10.5. The van der Waals surface area contributed by atoms with Crippen LogP contribution in [0.4, 0.5) is 11.4 Å². The van der Waals surface area contributed by atoms with E-state index < -0.39 is 10.0 Å². The molecule has 1 heterocycles. The van der Waals surface area contributed by atoms with E-state index in [1.165, 1.54) is 6.07 Å². The number of benzene rings is 2. The number of anilines is 2. The van der Waals surface area contributed by atoms with E-state index >= 15 is 0 Å². The summed E-state index contributed by atoms with van der Waals surface area (Å²) >= 11 is 0. The molecule has 0 saturated carbocycles. The van der Waals surface area contributed by atoms with Gasteiger partial charge in [0.1, 0.15) is 0 Å². The smallest absolute Gasteiger partial charge is 0.261 e. The van der Waals surface area contributed by atoms with Gasteiger partial charge in [0.05, 0.1) is 11.3 Å². The number of fused-ring (bicyclic) bond motifs is 1. The van der Waals surface area contributed by atoms with Crippen LogP contribution in [-0.2, 0) is 27.7 Å². The first kappa shape index (κ1) is 14.6. The van der Waals surface area contributed by atoms with Crippen LogP contribution < -0.4 is 10.0 Å². The van der Waals surface area contributed by atoms with Crippen molar-refractivity contribution in [2.45, 2.75) is 24.7 Å². The molecule has 1 aliphatic rings. The number of hydrogen-bond acceptors (Lipinski definition) is 3. The van der Waals surface area contributed by atoms with Gasteiger partial charge in [0.2, 0.25) is 5.91 Å². The highest BCUT2D eigenvalue weighted by Gasteiger charge is 2.21. The molecule has 0 unspecified atom stereocenters. The molecule has 0 fully saturated rings. The molecule has 1 aliphatic heterocycles. The van der Waals surface area contributed by atoms with Crippen molar-refractivity contribution in [3.8, 4) is 0 Å². The third kappa shape index (κ3) is 2.82. The molecule has 0 saturated heterocycles. The van der Waals surface area contributed by atoms with Crippen molar-refractivity contribution in [1.82, 2.24) is 0 Å². The van der Waals surface area contributed by atoms with Crippen molar-refractivity contribution in [3.05, 3.63) is 53.6 Å². The maximum absolute atomic E-state index is 12.5. The Hall–Kier alpha value is -2.34. The average Bonchev–Trinajstić information content (AvgIpc) is 2.86. The summed E-state index contributed by atoms with van der Waals surface area (Å²) in [5.74, 6) is -0.117. The van der Waals surface area contributed by atoms with Crippen LogP contribution in [0.2, 0.25) is 0 Å². The maximum atomic E-state index is 12.5.